The van der Waals surface area contributed by atoms with Gasteiger partial charge in [0.15, 0.2) is 0 Å². The van der Waals surface area contributed by atoms with Crippen molar-refractivity contribution in [1.29, 1.82) is 0 Å². The van der Waals surface area contributed by atoms with Crippen LogP contribution in [0.2, 0.25) is 0 Å². The Balaban J connectivity index is 2.44. The molecule has 100 valence electrons. The number of amides is 1. The van der Waals surface area contributed by atoms with E-state index in [2.05, 4.69) is 10.0 Å². The zero-order chi connectivity index (χ0) is 13.6. The van der Waals surface area contributed by atoms with Crippen LogP contribution in [0.15, 0.2) is 24.3 Å². The van der Waals surface area contributed by atoms with Crippen molar-refractivity contribution in [2.24, 2.45) is 0 Å². The summed E-state index contributed by atoms with van der Waals surface area (Å²) in [6, 6.07) is 6.65. The maximum atomic E-state index is 11.7. The van der Waals surface area contributed by atoms with E-state index in [0.29, 0.717) is 11.3 Å². The fraction of sp³-hybridized carbons (Fsp3) is 0.364. The molecule has 18 heavy (non-hydrogen) atoms. The molecular weight excluding hydrogens is 254 g/mol. The molecule has 0 saturated carbocycles. The Morgan fingerprint density at radius 1 is 1.22 bits per heavy atom. The average molecular weight is 271 g/mol. The van der Waals surface area contributed by atoms with E-state index >= 15 is 0 Å². The molecular formula is C11H17N3O3S. The number of nitrogen functional groups attached to an aromatic ring is 1. The van der Waals surface area contributed by atoms with Gasteiger partial charge in [-0.1, -0.05) is 12.1 Å². The molecule has 1 rings (SSSR count). The van der Waals surface area contributed by atoms with Crippen LogP contribution in [0.4, 0.5) is 5.69 Å². The van der Waals surface area contributed by atoms with Gasteiger partial charge in [0, 0.05) is 25.7 Å². The predicted octanol–water partition coefficient (Wildman–Crippen LogP) is -0.176. The van der Waals surface area contributed by atoms with Crippen molar-refractivity contribution in [2.45, 2.75) is 12.7 Å². The zero-order valence-electron chi connectivity index (χ0n) is 10.1. The van der Waals surface area contributed by atoms with Gasteiger partial charge in [0.1, 0.15) is 0 Å². The highest BCUT2D eigenvalue weighted by Crippen LogP contribution is 2.08. The normalized spacial score (nSPS) is 11.2. The van der Waals surface area contributed by atoms with Crippen molar-refractivity contribution in [3.8, 4) is 0 Å². The minimum absolute atomic E-state index is 0.104. The van der Waals surface area contributed by atoms with Crippen LogP contribution in [0.3, 0.4) is 0 Å². The number of anilines is 1. The summed E-state index contributed by atoms with van der Waals surface area (Å²) < 4.78 is 25.8. The lowest BCUT2D eigenvalue weighted by Crippen LogP contribution is -2.34. The van der Waals surface area contributed by atoms with Crippen LogP contribution in [-0.2, 0) is 20.6 Å². The van der Waals surface area contributed by atoms with E-state index in [1.165, 1.54) is 6.92 Å². The molecule has 1 aromatic rings. The van der Waals surface area contributed by atoms with Gasteiger partial charge >= 0.3 is 0 Å². The summed E-state index contributed by atoms with van der Waals surface area (Å²) in [5.74, 6) is -0.291. The number of hydrogen-bond acceptors (Lipinski definition) is 4. The standard InChI is InChI=1S/C11H17N3O3S/c1-9(15)13-6-7-14-18(16,17)8-10-2-4-11(12)5-3-10/h2-5,14H,6-8,12H2,1H3,(H,13,15). The second-order valence-electron chi connectivity index (χ2n) is 3.88. The summed E-state index contributed by atoms with van der Waals surface area (Å²) >= 11 is 0. The van der Waals surface area contributed by atoms with Crippen LogP contribution in [0.1, 0.15) is 12.5 Å². The third kappa shape index (κ3) is 5.65. The molecule has 0 saturated heterocycles. The molecule has 0 radical (unpaired) electrons. The maximum Gasteiger partial charge on any atom is 0.216 e. The number of nitrogens with two attached hydrogens (primary N) is 1. The van der Waals surface area contributed by atoms with Crippen molar-refractivity contribution >= 4 is 21.6 Å². The van der Waals surface area contributed by atoms with Gasteiger partial charge in [-0.3, -0.25) is 4.79 Å². The average Bonchev–Trinajstić information content (AvgIpc) is 2.27. The zero-order valence-corrected chi connectivity index (χ0v) is 11.0. The summed E-state index contributed by atoms with van der Waals surface area (Å²) in [4.78, 5) is 10.6. The SMILES string of the molecule is CC(=O)NCCNS(=O)(=O)Cc1ccc(N)cc1. The Morgan fingerprint density at radius 3 is 2.39 bits per heavy atom. The fourth-order valence-electron chi connectivity index (χ4n) is 1.33. The molecule has 4 N–H and O–H groups in total. The first-order valence-electron chi connectivity index (χ1n) is 5.45. The Hall–Kier alpha value is -1.60. The van der Waals surface area contributed by atoms with E-state index in [9.17, 15) is 13.2 Å². The van der Waals surface area contributed by atoms with Gasteiger partial charge in [0.2, 0.25) is 15.9 Å². The lowest BCUT2D eigenvalue weighted by Gasteiger charge is -2.07. The molecule has 0 aliphatic carbocycles. The Bertz CT molecular complexity index is 497. The molecule has 0 atom stereocenters. The van der Waals surface area contributed by atoms with E-state index in [0.717, 1.165) is 0 Å². The van der Waals surface area contributed by atoms with Crippen LogP contribution < -0.4 is 15.8 Å². The van der Waals surface area contributed by atoms with Gasteiger partial charge in [0.25, 0.3) is 0 Å². The quantitative estimate of drug-likeness (QED) is 0.493. The second kappa shape index (κ2) is 6.36. The molecule has 0 heterocycles. The van der Waals surface area contributed by atoms with E-state index in [1.54, 1.807) is 24.3 Å². The highest BCUT2D eigenvalue weighted by molar-refractivity contribution is 7.88. The molecule has 1 aromatic carbocycles. The van der Waals surface area contributed by atoms with E-state index in [1.807, 2.05) is 0 Å². The first kappa shape index (κ1) is 14.5. The number of benzene rings is 1. The first-order valence-corrected chi connectivity index (χ1v) is 7.10. The van der Waals surface area contributed by atoms with Crippen LogP contribution >= 0.6 is 0 Å². The molecule has 0 aliphatic rings. The predicted molar refractivity (Wildman–Crippen MR) is 70.2 cm³/mol. The minimum atomic E-state index is -3.39. The monoisotopic (exact) mass is 271 g/mol. The summed E-state index contributed by atoms with van der Waals surface area (Å²) in [6.07, 6.45) is 0. The topological polar surface area (TPSA) is 101 Å². The largest absolute Gasteiger partial charge is 0.399 e. The highest BCUT2D eigenvalue weighted by Gasteiger charge is 2.10. The summed E-state index contributed by atoms with van der Waals surface area (Å²) in [6.45, 7) is 1.83. The van der Waals surface area contributed by atoms with Crippen molar-refractivity contribution in [2.75, 3.05) is 18.8 Å². The molecule has 0 aromatic heterocycles. The lowest BCUT2D eigenvalue weighted by molar-refractivity contribution is -0.118. The minimum Gasteiger partial charge on any atom is -0.399 e. The van der Waals surface area contributed by atoms with Gasteiger partial charge < -0.3 is 11.1 Å². The third-order valence-electron chi connectivity index (χ3n) is 2.16. The van der Waals surface area contributed by atoms with Gasteiger partial charge in [0.05, 0.1) is 5.75 Å². The number of carbonyl (C=O) groups excluding carboxylic acids is 1. The van der Waals surface area contributed by atoms with Crippen molar-refractivity contribution in [1.82, 2.24) is 10.0 Å². The number of hydrogen-bond donors (Lipinski definition) is 3. The van der Waals surface area contributed by atoms with E-state index in [-0.39, 0.29) is 24.7 Å². The Labute approximate surface area is 107 Å². The van der Waals surface area contributed by atoms with E-state index < -0.39 is 10.0 Å². The summed E-state index contributed by atoms with van der Waals surface area (Å²) in [7, 11) is -3.39. The Kier molecular flexibility index (Phi) is 5.11. The molecule has 0 bridgehead atoms. The molecule has 7 heteroatoms. The fourth-order valence-corrected chi connectivity index (χ4v) is 2.48. The highest BCUT2D eigenvalue weighted by atomic mass is 32.2. The molecule has 0 spiro atoms. The van der Waals surface area contributed by atoms with Crippen LogP contribution in [-0.4, -0.2) is 27.4 Å². The number of rotatable bonds is 6. The van der Waals surface area contributed by atoms with E-state index in [4.69, 9.17) is 5.73 Å². The number of sulfonamides is 1. The molecule has 0 aliphatic heterocycles. The lowest BCUT2D eigenvalue weighted by atomic mass is 10.2. The van der Waals surface area contributed by atoms with Crippen molar-refractivity contribution in [3.63, 3.8) is 0 Å². The van der Waals surface area contributed by atoms with Gasteiger partial charge in [-0.05, 0) is 17.7 Å². The second-order valence-corrected chi connectivity index (χ2v) is 5.68. The summed E-state index contributed by atoms with van der Waals surface area (Å²) in [5.41, 5.74) is 6.77. The van der Waals surface area contributed by atoms with Crippen LogP contribution in [0, 0.1) is 0 Å². The van der Waals surface area contributed by atoms with Crippen molar-refractivity contribution in [3.05, 3.63) is 29.8 Å². The molecule has 0 unspecified atom stereocenters. The van der Waals surface area contributed by atoms with Crippen LogP contribution in [0.25, 0.3) is 0 Å². The number of carbonyl (C=O) groups is 1. The van der Waals surface area contributed by atoms with Gasteiger partial charge in [-0.25, -0.2) is 13.1 Å². The van der Waals surface area contributed by atoms with Crippen molar-refractivity contribution < 1.29 is 13.2 Å². The molecule has 0 fully saturated rings. The number of nitrogens with one attached hydrogen (secondary N) is 2. The van der Waals surface area contributed by atoms with Gasteiger partial charge in [-0.15, -0.1) is 0 Å². The first-order chi connectivity index (χ1) is 8.39. The molecule has 1 amide bonds. The Morgan fingerprint density at radius 2 is 1.83 bits per heavy atom. The van der Waals surface area contributed by atoms with Crippen LogP contribution in [0.5, 0.6) is 0 Å². The molecule has 6 nitrogen and oxygen atoms in total. The summed E-state index contributed by atoms with van der Waals surface area (Å²) in [5, 5.41) is 2.51. The maximum absolute atomic E-state index is 11.7. The third-order valence-corrected chi connectivity index (χ3v) is 3.51. The van der Waals surface area contributed by atoms with Gasteiger partial charge in [-0.2, -0.15) is 0 Å². The smallest absolute Gasteiger partial charge is 0.216 e.